The van der Waals surface area contributed by atoms with E-state index >= 15 is 0 Å². The van der Waals surface area contributed by atoms with E-state index in [2.05, 4.69) is 9.97 Å². The van der Waals surface area contributed by atoms with Crippen molar-refractivity contribution in [2.75, 3.05) is 0 Å². The van der Waals surface area contributed by atoms with E-state index in [0.717, 1.165) is 6.07 Å². The minimum absolute atomic E-state index is 0.0427. The summed E-state index contributed by atoms with van der Waals surface area (Å²) >= 11 is 0. The first-order valence-electron chi connectivity index (χ1n) is 6.65. The van der Waals surface area contributed by atoms with Crippen molar-refractivity contribution in [3.05, 3.63) is 47.8 Å². The predicted octanol–water partition coefficient (Wildman–Crippen LogP) is 1.64. The van der Waals surface area contributed by atoms with Crippen LogP contribution in [-0.4, -0.2) is 33.2 Å². The quantitative estimate of drug-likeness (QED) is 0.580. The van der Waals surface area contributed by atoms with Gasteiger partial charge in [-0.05, 0) is 5.56 Å². The Morgan fingerprint density at radius 2 is 1.87 bits per heavy atom. The molecule has 1 atom stereocenters. The molecule has 0 saturated carbocycles. The lowest BCUT2D eigenvalue weighted by atomic mass is 9.85. The molecule has 2 aromatic carbocycles. The summed E-state index contributed by atoms with van der Waals surface area (Å²) in [7, 11) is -4.60. The number of aromatic hydroxyl groups is 1. The maximum absolute atomic E-state index is 11.6. The number of aliphatic hydroxyl groups is 1. The van der Waals surface area contributed by atoms with E-state index in [0.29, 0.717) is 16.8 Å². The highest BCUT2D eigenvalue weighted by atomic mass is 32.2. The average molecular weight is 330 g/mol. The van der Waals surface area contributed by atoms with Crippen LogP contribution in [0, 0.1) is 0 Å². The average Bonchev–Trinajstić information content (AvgIpc) is 2.52. The highest BCUT2D eigenvalue weighted by molar-refractivity contribution is 7.86. The third-order valence-corrected chi connectivity index (χ3v) is 4.82. The monoisotopic (exact) mass is 330 g/mol. The highest BCUT2D eigenvalue weighted by Gasteiger charge is 2.32. The third kappa shape index (κ3) is 1.86. The second-order valence-electron chi connectivity index (χ2n) is 5.22. The summed E-state index contributed by atoms with van der Waals surface area (Å²) in [5, 5.41) is 21.0. The maximum atomic E-state index is 11.6. The van der Waals surface area contributed by atoms with Gasteiger partial charge in [0.1, 0.15) is 23.1 Å². The summed E-state index contributed by atoms with van der Waals surface area (Å²) in [6.45, 7) is 0. The Kier molecular flexibility index (Phi) is 2.74. The molecular weight excluding hydrogens is 320 g/mol. The lowest BCUT2D eigenvalue weighted by Crippen LogP contribution is -2.12. The van der Waals surface area contributed by atoms with Gasteiger partial charge in [-0.1, -0.05) is 24.3 Å². The number of rotatable bonds is 1. The molecule has 1 unspecified atom stereocenters. The lowest BCUT2D eigenvalue weighted by molar-refractivity contribution is 0.217. The summed E-state index contributed by atoms with van der Waals surface area (Å²) in [6, 6.07) is 7.83. The molecule has 0 spiro atoms. The Morgan fingerprint density at radius 3 is 2.61 bits per heavy atom. The standard InChI is InChI=1S/C15H10N2O5S/c18-9-5-10(23(20,21)22)14-12-11(9)15(19)8-4-2-1-3-7(8)13(12)16-6-17-14/h1-6,15,18-19H,(H,20,21,22). The number of hydrogen-bond acceptors (Lipinski definition) is 6. The van der Waals surface area contributed by atoms with Gasteiger partial charge in [-0.2, -0.15) is 8.42 Å². The first-order chi connectivity index (χ1) is 10.9. The minimum atomic E-state index is -4.60. The van der Waals surface area contributed by atoms with E-state index in [1.807, 2.05) is 0 Å². The van der Waals surface area contributed by atoms with Gasteiger partial charge in [0.2, 0.25) is 0 Å². The first-order valence-corrected chi connectivity index (χ1v) is 8.09. The molecule has 0 fully saturated rings. The largest absolute Gasteiger partial charge is 0.507 e. The zero-order valence-corrected chi connectivity index (χ0v) is 12.3. The zero-order chi connectivity index (χ0) is 16.4. The molecular formula is C15H10N2O5S. The van der Waals surface area contributed by atoms with Gasteiger partial charge in [0.15, 0.2) is 0 Å². The van der Waals surface area contributed by atoms with E-state index in [1.165, 1.54) is 6.33 Å². The van der Waals surface area contributed by atoms with Crippen LogP contribution in [0.15, 0.2) is 41.6 Å². The van der Waals surface area contributed by atoms with Crippen LogP contribution < -0.4 is 0 Å². The number of benzene rings is 2. The van der Waals surface area contributed by atoms with Gasteiger partial charge in [-0.15, -0.1) is 0 Å². The van der Waals surface area contributed by atoms with Gasteiger partial charge < -0.3 is 10.2 Å². The molecule has 116 valence electrons. The van der Waals surface area contributed by atoms with E-state index in [-0.39, 0.29) is 16.5 Å². The Labute approximate surface area is 130 Å². The molecule has 0 aliphatic heterocycles. The highest BCUT2D eigenvalue weighted by Crippen LogP contribution is 2.47. The van der Waals surface area contributed by atoms with Crippen LogP contribution in [0.3, 0.4) is 0 Å². The molecule has 1 heterocycles. The van der Waals surface area contributed by atoms with Crippen LogP contribution in [0.5, 0.6) is 5.75 Å². The van der Waals surface area contributed by atoms with Crippen molar-refractivity contribution >= 4 is 21.0 Å². The predicted molar refractivity (Wildman–Crippen MR) is 80.5 cm³/mol. The molecule has 0 bridgehead atoms. The fraction of sp³-hybridized carbons (Fsp3) is 0.0667. The van der Waals surface area contributed by atoms with Crippen LogP contribution in [0.4, 0.5) is 0 Å². The van der Waals surface area contributed by atoms with Crippen LogP contribution in [0.1, 0.15) is 17.2 Å². The molecule has 1 aromatic heterocycles. The summed E-state index contributed by atoms with van der Waals surface area (Å²) in [4.78, 5) is 7.57. The van der Waals surface area contributed by atoms with Crippen LogP contribution in [-0.2, 0) is 10.1 Å². The molecule has 8 heteroatoms. The molecule has 0 amide bonds. The van der Waals surface area contributed by atoms with Gasteiger partial charge in [0.05, 0.1) is 11.2 Å². The lowest BCUT2D eigenvalue weighted by Gasteiger charge is -2.25. The van der Waals surface area contributed by atoms with Crippen molar-refractivity contribution in [3.63, 3.8) is 0 Å². The van der Waals surface area contributed by atoms with Crippen molar-refractivity contribution in [1.82, 2.24) is 9.97 Å². The molecule has 3 aromatic rings. The smallest absolute Gasteiger partial charge is 0.296 e. The molecule has 0 radical (unpaired) electrons. The molecule has 3 N–H and O–H groups in total. The zero-order valence-electron chi connectivity index (χ0n) is 11.5. The molecule has 1 aliphatic carbocycles. The SMILES string of the molecule is O=S(=O)(O)c1cc(O)c2c3c(ncnc13)-c1ccccc1C2O. The van der Waals surface area contributed by atoms with Crippen molar-refractivity contribution < 1.29 is 23.2 Å². The van der Waals surface area contributed by atoms with Gasteiger partial charge >= 0.3 is 0 Å². The number of hydrogen-bond donors (Lipinski definition) is 3. The number of nitrogens with zero attached hydrogens (tertiary/aromatic N) is 2. The normalized spacial score (nSPS) is 16.3. The van der Waals surface area contributed by atoms with Crippen molar-refractivity contribution in [2.24, 2.45) is 0 Å². The topological polar surface area (TPSA) is 121 Å². The van der Waals surface area contributed by atoms with Crippen molar-refractivity contribution in [3.8, 4) is 17.0 Å². The molecule has 1 aliphatic rings. The third-order valence-electron chi connectivity index (χ3n) is 3.96. The second kappa shape index (κ2) is 4.48. The second-order valence-corrected chi connectivity index (χ2v) is 6.61. The summed E-state index contributed by atoms with van der Waals surface area (Å²) in [5.74, 6) is -0.442. The Morgan fingerprint density at radius 1 is 1.13 bits per heavy atom. The number of fused-ring (bicyclic) bond motifs is 2. The molecule has 23 heavy (non-hydrogen) atoms. The number of phenols is 1. The fourth-order valence-electron chi connectivity index (χ4n) is 3.01. The minimum Gasteiger partial charge on any atom is -0.507 e. The van der Waals surface area contributed by atoms with E-state index in [4.69, 9.17) is 0 Å². The summed E-state index contributed by atoms with van der Waals surface area (Å²) in [5.41, 5.74) is 1.65. The maximum Gasteiger partial charge on any atom is 0.296 e. The summed E-state index contributed by atoms with van der Waals surface area (Å²) < 4.78 is 32.5. The molecule has 0 saturated heterocycles. The van der Waals surface area contributed by atoms with Gasteiger partial charge in [0, 0.05) is 22.6 Å². The van der Waals surface area contributed by atoms with Gasteiger partial charge in [0.25, 0.3) is 10.1 Å². The molecule has 4 rings (SSSR count). The van der Waals surface area contributed by atoms with Crippen LogP contribution in [0.2, 0.25) is 0 Å². The Balaban J connectivity index is 2.27. The van der Waals surface area contributed by atoms with E-state index in [9.17, 15) is 23.2 Å². The Hall–Kier alpha value is -2.55. The fourth-order valence-corrected chi connectivity index (χ4v) is 3.67. The first kappa shape index (κ1) is 14.1. The molecule has 7 nitrogen and oxygen atoms in total. The number of aromatic nitrogens is 2. The van der Waals surface area contributed by atoms with Crippen LogP contribution in [0.25, 0.3) is 22.2 Å². The van der Waals surface area contributed by atoms with Crippen molar-refractivity contribution in [2.45, 2.75) is 11.0 Å². The van der Waals surface area contributed by atoms with E-state index < -0.39 is 26.9 Å². The number of aliphatic hydroxyl groups excluding tert-OH is 1. The summed E-state index contributed by atoms with van der Waals surface area (Å²) in [6.07, 6.45) is 0.0319. The van der Waals surface area contributed by atoms with Crippen molar-refractivity contribution in [1.29, 1.82) is 0 Å². The van der Waals surface area contributed by atoms with Gasteiger partial charge in [-0.25, -0.2) is 9.97 Å². The van der Waals surface area contributed by atoms with Crippen LogP contribution >= 0.6 is 0 Å². The van der Waals surface area contributed by atoms with E-state index in [1.54, 1.807) is 24.3 Å². The Bertz CT molecular complexity index is 1080. The number of phenolic OH excluding ortho intramolecular Hbond substituents is 1. The van der Waals surface area contributed by atoms with Gasteiger partial charge in [-0.3, -0.25) is 4.55 Å².